The van der Waals surface area contributed by atoms with Crippen molar-refractivity contribution in [3.05, 3.63) is 59.6 Å². The molecule has 0 bridgehead atoms. The van der Waals surface area contributed by atoms with Gasteiger partial charge < -0.3 is 9.84 Å². The first-order valence-corrected chi connectivity index (χ1v) is 11.6. The van der Waals surface area contributed by atoms with Gasteiger partial charge in [0, 0.05) is 39.6 Å². The van der Waals surface area contributed by atoms with Crippen molar-refractivity contribution >= 4 is 16.7 Å². The Bertz CT molecular complexity index is 1280. The predicted molar refractivity (Wildman–Crippen MR) is 127 cm³/mol. The Labute approximate surface area is 193 Å². The maximum atomic E-state index is 12.8. The van der Waals surface area contributed by atoms with E-state index in [1.807, 2.05) is 51.1 Å². The number of pyridine rings is 1. The fourth-order valence-corrected chi connectivity index (χ4v) is 5.77. The fraction of sp³-hybridized carbons (Fsp3) is 0.407. The van der Waals surface area contributed by atoms with Gasteiger partial charge in [-0.05, 0) is 51.2 Å². The first-order chi connectivity index (χ1) is 15.8. The molecule has 3 aromatic rings. The number of aromatic nitrogens is 3. The van der Waals surface area contributed by atoms with E-state index < -0.39 is 5.41 Å². The predicted octanol–water partition coefficient (Wildman–Crippen LogP) is 5.35. The fourth-order valence-electron chi connectivity index (χ4n) is 5.77. The second-order valence-electron chi connectivity index (χ2n) is 9.77. The van der Waals surface area contributed by atoms with Gasteiger partial charge in [0.25, 0.3) is 0 Å². The third-order valence-electron chi connectivity index (χ3n) is 7.32. The Morgan fingerprint density at radius 3 is 2.76 bits per heavy atom. The highest BCUT2D eigenvalue weighted by Crippen LogP contribution is 2.53. The molecule has 1 N–H and O–H groups in total. The number of nitrogens with zero attached hydrogens (tertiary/aromatic N) is 3. The summed E-state index contributed by atoms with van der Waals surface area (Å²) in [5.41, 5.74) is 3.80. The summed E-state index contributed by atoms with van der Waals surface area (Å²) in [6.07, 6.45) is 4.82. The van der Waals surface area contributed by atoms with E-state index in [0.29, 0.717) is 23.7 Å². The molecule has 170 valence electrons. The lowest BCUT2D eigenvalue weighted by molar-refractivity contribution is -0.124. The molecule has 0 amide bonds. The first-order valence-electron chi connectivity index (χ1n) is 11.6. The van der Waals surface area contributed by atoms with Gasteiger partial charge in [-0.3, -0.25) is 9.78 Å². The molecule has 1 fully saturated rings. The summed E-state index contributed by atoms with van der Waals surface area (Å²) in [6, 6.07) is 9.91. The Balaban J connectivity index is 1.76. The van der Waals surface area contributed by atoms with Crippen LogP contribution in [0.15, 0.2) is 48.4 Å². The van der Waals surface area contributed by atoms with E-state index in [-0.39, 0.29) is 23.7 Å². The number of Topliss-reactive ketones (excluding diaryl/α,β-unsaturated/α-hetero) is 1. The van der Waals surface area contributed by atoms with Gasteiger partial charge in [-0.2, -0.15) is 4.98 Å². The number of allylic oxidation sites excluding steroid dienone is 1. The van der Waals surface area contributed by atoms with Gasteiger partial charge in [0.1, 0.15) is 0 Å². The largest absolute Gasteiger partial charge is 0.515 e. The minimum Gasteiger partial charge on any atom is -0.515 e. The second-order valence-corrected chi connectivity index (χ2v) is 9.77. The number of ether oxygens (including phenoxy) is 1. The van der Waals surface area contributed by atoms with Crippen molar-refractivity contribution in [2.45, 2.75) is 58.5 Å². The van der Waals surface area contributed by atoms with Crippen molar-refractivity contribution in [1.82, 2.24) is 15.0 Å². The normalized spacial score (nSPS) is 25.8. The van der Waals surface area contributed by atoms with Crippen LogP contribution in [0.5, 0.6) is 5.88 Å². The number of rotatable bonds is 3. The number of hydrogen-bond acceptors (Lipinski definition) is 6. The number of hydrogen-bond donors (Lipinski definition) is 1. The van der Waals surface area contributed by atoms with Gasteiger partial charge in [0.2, 0.25) is 5.88 Å². The minimum absolute atomic E-state index is 0.0312. The molecule has 2 aliphatic rings. The lowest BCUT2D eigenvalue weighted by Gasteiger charge is -2.48. The van der Waals surface area contributed by atoms with Crippen LogP contribution in [0.1, 0.15) is 51.8 Å². The van der Waals surface area contributed by atoms with Gasteiger partial charge in [-0.1, -0.05) is 32.0 Å². The lowest BCUT2D eigenvalue weighted by Crippen LogP contribution is -2.48. The Hall–Kier alpha value is -3.28. The zero-order valence-corrected chi connectivity index (χ0v) is 19.5. The molecule has 0 aliphatic heterocycles. The summed E-state index contributed by atoms with van der Waals surface area (Å²) in [4.78, 5) is 27.3. The highest BCUT2D eigenvalue weighted by Gasteiger charge is 2.51. The summed E-state index contributed by atoms with van der Waals surface area (Å²) in [5.74, 6) is 1.22. The van der Waals surface area contributed by atoms with Crippen LogP contribution in [0.3, 0.4) is 0 Å². The van der Waals surface area contributed by atoms with Crippen LogP contribution < -0.4 is 4.74 Å². The second kappa shape index (κ2) is 7.94. The number of carbonyl (C=O) groups excluding carboxylic acids is 1. The van der Waals surface area contributed by atoms with Crippen molar-refractivity contribution in [2.75, 3.05) is 0 Å². The molecule has 1 saturated carbocycles. The number of benzene rings is 1. The van der Waals surface area contributed by atoms with E-state index in [1.165, 1.54) is 0 Å². The number of para-hydroxylation sites is 1. The van der Waals surface area contributed by atoms with Gasteiger partial charge >= 0.3 is 0 Å². The molecule has 2 aliphatic carbocycles. The van der Waals surface area contributed by atoms with Crippen LogP contribution in [-0.4, -0.2) is 31.9 Å². The zero-order valence-electron chi connectivity index (χ0n) is 19.5. The Morgan fingerprint density at radius 1 is 1.21 bits per heavy atom. The molecule has 1 aromatic carbocycles. The Kier molecular flexibility index (Phi) is 5.19. The summed E-state index contributed by atoms with van der Waals surface area (Å²) in [5, 5.41) is 10.8. The maximum Gasteiger partial charge on any atom is 0.220 e. The number of ketones is 1. The number of fused-ring (bicyclic) bond motifs is 4. The molecule has 5 rings (SSSR count). The van der Waals surface area contributed by atoms with Crippen LogP contribution in [0.4, 0.5) is 0 Å². The zero-order chi connectivity index (χ0) is 23.3. The molecular weight excluding hydrogens is 414 g/mol. The van der Waals surface area contributed by atoms with Gasteiger partial charge in [0.15, 0.2) is 11.6 Å². The molecule has 3 atom stereocenters. The SMILES string of the molecule is CC(C)Oc1nc(-c2ccnc3ccccc23)nc2c1CC[C@@H]1[C@@H](C)C(=O)/C(=C\O)C[C@@]21C. The van der Waals surface area contributed by atoms with Crippen LogP contribution in [-0.2, 0) is 16.6 Å². The summed E-state index contributed by atoms with van der Waals surface area (Å²) in [6.45, 7) is 8.14. The topological polar surface area (TPSA) is 85.2 Å². The smallest absolute Gasteiger partial charge is 0.220 e. The highest BCUT2D eigenvalue weighted by molar-refractivity contribution is 5.98. The quantitative estimate of drug-likeness (QED) is 0.434. The molecule has 2 aromatic heterocycles. The minimum atomic E-state index is -0.398. The number of carbonyl (C=O) groups is 1. The van der Waals surface area contributed by atoms with Crippen LogP contribution in [0, 0.1) is 11.8 Å². The van der Waals surface area contributed by atoms with E-state index in [9.17, 15) is 9.90 Å². The maximum absolute atomic E-state index is 12.8. The van der Waals surface area contributed by atoms with E-state index in [2.05, 4.69) is 11.9 Å². The van der Waals surface area contributed by atoms with Gasteiger partial charge in [-0.25, -0.2) is 4.98 Å². The lowest BCUT2D eigenvalue weighted by atomic mass is 9.55. The molecule has 2 heterocycles. The molecule has 0 unspecified atom stereocenters. The van der Waals surface area contributed by atoms with Gasteiger partial charge in [0.05, 0.1) is 23.6 Å². The van der Waals surface area contributed by atoms with Crippen LogP contribution >= 0.6 is 0 Å². The van der Waals surface area contributed by atoms with Crippen molar-refractivity contribution in [1.29, 1.82) is 0 Å². The number of aliphatic hydroxyl groups is 1. The van der Waals surface area contributed by atoms with Crippen molar-refractivity contribution in [2.24, 2.45) is 11.8 Å². The molecular formula is C27H29N3O3. The van der Waals surface area contributed by atoms with Crippen molar-refractivity contribution in [3.8, 4) is 17.3 Å². The van der Waals surface area contributed by atoms with Crippen molar-refractivity contribution < 1.29 is 14.6 Å². The molecule has 0 spiro atoms. The van der Waals surface area contributed by atoms with E-state index in [0.717, 1.165) is 46.8 Å². The van der Waals surface area contributed by atoms with E-state index in [1.54, 1.807) is 6.20 Å². The summed E-state index contributed by atoms with van der Waals surface area (Å²) >= 11 is 0. The third-order valence-corrected chi connectivity index (χ3v) is 7.32. The third kappa shape index (κ3) is 3.39. The molecule has 6 heteroatoms. The summed E-state index contributed by atoms with van der Waals surface area (Å²) in [7, 11) is 0. The molecule has 0 radical (unpaired) electrons. The standard InChI is InChI=1S/C27H29N3O3/c1-15(2)33-26-20-9-10-21-16(3)23(32)17(14-31)13-27(21,4)24(20)29-25(30-26)19-11-12-28-22-8-6-5-7-18(19)22/h5-8,11-12,14-16,21,31H,9-10,13H2,1-4H3/b17-14-/t16-,21-,27-/m1/s1. The molecule has 0 saturated heterocycles. The van der Waals surface area contributed by atoms with Crippen molar-refractivity contribution in [3.63, 3.8) is 0 Å². The summed E-state index contributed by atoms with van der Waals surface area (Å²) < 4.78 is 6.22. The first kappa shape index (κ1) is 21.6. The Morgan fingerprint density at radius 2 is 2.00 bits per heavy atom. The monoisotopic (exact) mass is 443 g/mol. The van der Waals surface area contributed by atoms with E-state index >= 15 is 0 Å². The van der Waals surface area contributed by atoms with Crippen LogP contribution in [0.2, 0.25) is 0 Å². The van der Waals surface area contributed by atoms with Gasteiger partial charge in [-0.15, -0.1) is 0 Å². The van der Waals surface area contributed by atoms with E-state index in [4.69, 9.17) is 14.7 Å². The molecule has 33 heavy (non-hydrogen) atoms. The average molecular weight is 444 g/mol. The molecule has 6 nitrogen and oxygen atoms in total. The highest BCUT2D eigenvalue weighted by atomic mass is 16.5. The average Bonchev–Trinajstić information content (AvgIpc) is 2.81. The van der Waals surface area contributed by atoms with Crippen LogP contribution in [0.25, 0.3) is 22.3 Å². The number of aliphatic hydroxyl groups excluding tert-OH is 1.